The number of alkyl halides is 2. The molecule has 0 N–H and O–H groups in total. The van der Waals surface area contributed by atoms with Crippen molar-refractivity contribution in [1.82, 2.24) is 0 Å². The summed E-state index contributed by atoms with van der Waals surface area (Å²) in [6.45, 7) is 0. The van der Waals surface area contributed by atoms with Gasteiger partial charge in [0.15, 0.2) is 0 Å². The first-order chi connectivity index (χ1) is 6.70. The average molecular weight is 209 g/mol. The third-order valence-corrected chi connectivity index (χ3v) is 2.61. The molecule has 0 amide bonds. The number of allylic oxidation sites excluding steroid dienone is 4. The van der Waals surface area contributed by atoms with Crippen LogP contribution in [0.2, 0.25) is 0 Å². The maximum atomic E-state index is 13.9. The van der Waals surface area contributed by atoms with Gasteiger partial charge in [-0.3, -0.25) is 0 Å². The van der Waals surface area contributed by atoms with Crippen molar-refractivity contribution in [2.75, 3.05) is 0 Å². The smallest absolute Gasteiger partial charge is 0.212 e. The van der Waals surface area contributed by atoms with Crippen molar-refractivity contribution in [1.29, 1.82) is 0 Å². The Bertz CT molecular complexity index is 377. The zero-order valence-electron chi connectivity index (χ0n) is 7.58. The first-order valence-corrected chi connectivity index (χ1v) is 4.88. The number of halogens is 2. The fraction of sp³-hybridized carbons (Fsp3) is 0.167. The summed E-state index contributed by atoms with van der Waals surface area (Å²) >= 11 is 5.79. The highest BCUT2D eigenvalue weighted by Crippen LogP contribution is 2.39. The highest BCUT2D eigenvalue weighted by molar-refractivity contribution is 6.29. The Labute approximate surface area is 87.7 Å². The van der Waals surface area contributed by atoms with Crippen LogP contribution in [0.4, 0.5) is 4.39 Å². The summed E-state index contributed by atoms with van der Waals surface area (Å²) in [5, 5.41) is -1.75. The van der Waals surface area contributed by atoms with Gasteiger partial charge in [-0.05, 0) is 5.56 Å². The molecule has 14 heavy (non-hydrogen) atoms. The Hall–Kier alpha value is -1.08. The number of rotatable bonds is 1. The van der Waals surface area contributed by atoms with Gasteiger partial charge < -0.3 is 0 Å². The molecule has 2 heteroatoms. The van der Waals surface area contributed by atoms with Gasteiger partial charge >= 0.3 is 0 Å². The highest BCUT2D eigenvalue weighted by Gasteiger charge is 2.32. The van der Waals surface area contributed by atoms with Crippen LogP contribution < -0.4 is 0 Å². The molecular weight excluding hydrogens is 199 g/mol. The molecule has 0 aliphatic heterocycles. The van der Waals surface area contributed by atoms with Crippen LogP contribution in [-0.4, -0.2) is 5.13 Å². The Balaban J connectivity index is 2.43. The summed E-state index contributed by atoms with van der Waals surface area (Å²) in [4.78, 5) is 0. The van der Waals surface area contributed by atoms with E-state index in [1.54, 1.807) is 12.2 Å². The Kier molecular flexibility index (Phi) is 2.42. The van der Waals surface area contributed by atoms with Crippen molar-refractivity contribution in [3.8, 4) is 0 Å². The van der Waals surface area contributed by atoms with Gasteiger partial charge in [-0.2, -0.15) is 0 Å². The van der Waals surface area contributed by atoms with E-state index >= 15 is 0 Å². The Morgan fingerprint density at radius 1 is 1.21 bits per heavy atom. The third-order valence-electron chi connectivity index (χ3n) is 2.25. The lowest BCUT2D eigenvalue weighted by molar-refractivity contribution is 0.360. The molecule has 1 unspecified atom stereocenters. The topological polar surface area (TPSA) is 0 Å². The molecule has 0 radical (unpaired) electrons. The van der Waals surface area contributed by atoms with Gasteiger partial charge in [0, 0.05) is 12.0 Å². The molecule has 0 spiro atoms. The van der Waals surface area contributed by atoms with E-state index in [0.29, 0.717) is 5.57 Å². The number of benzene rings is 1. The maximum Gasteiger partial charge on any atom is 0.212 e. The minimum atomic E-state index is -1.75. The number of hydrogen-bond donors (Lipinski definition) is 0. The summed E-state index contributed by atoms with van der Waals surface area (Å²) in [7, 11) is 0. The molecule has 0 fully saturated rings. The maximum absolute atomic E-state index is 13.9. The molecule has 0 saturated heterocycles. The molecule has 1 aromatic carbocycles. The average Bonchev–Trinajstić information content (AvgIpc) is 2.18. The molecule has 0 saturated carbocycles. The van der Waals surface area contributed by atoms with E-state index < -0.39 is 5.13 Å². The predicted octanol–water partition coefficient (Wildman–Crippen LogP) is 3.93. The zero-order valence-corrected chi connectivity index (χ0v) is 8.34. The molecule has 1 aromatic rings. The van der Waals surface area contributed by atoms with Gasteiger partial charge in [0.1, 0.15) is 0 Å². The molecule has 1 aliphatic rings. The fourth-order valence-corrected chi connectivity index (χ4v) is 1.80. The van der Waals surface area contributed by atoms with E-state index in [1.807, 2.05) is 36.4 Å². The van der Waals surface area contributed by atoms with Gasteiger partial charge in [-0.1, -0.05) is 60.2 Å². The SMILES string of the molecule is FC1(Cl)CC=CC=C1c1ccccc1. The van der Waals surface area contributed by atoms with Gasteiger partial charge in [0.25, 0.3) is 0 Å². The normalized spacial score (nSPS) is 26.0. The molecule has 0 aromatic heterocycles. The van der Waals surface area contributed by atoms with Crippen molar-refractivity contribution in [2.24, 2.45) is 0 Å². The standard InChI is InChI=1S/C12H10ClF/c13-12(14)9-5-4-8-11(12)10-6-2-1-3-7-10/h1-8H,9H2. The lowest BCUT2D eigenvalue weighted by Crippen LogP contribution is -2.17. The minimum absolute atomic E-state index is 0.231. The van der Waals surface area contributed by atoms with Crippen LogP contribution in [0.25, 0.3) is 5.57 Å². The second-order valence-electron chi connectivity index (χ2n) is 3.28. The first-order valence-electron chi connectivity index (χ1n) is 4.51. The van der Waals surface area contributed by atoms with E-state index in [0.717, 1.165) is 5.56 Å². The lowest BCUT2D eigenvalue weighted by Gasteiger charge is -2.22. The monoisotopic (exact) mass is 208 g/mol. The second-order valence-corrected chi connectivity index (χ2v) is 3.88. The summed E-state index contributed by atoms with van der Waals surface area (Å²) in [6, 6.07) is 9.38. The quantitative estimate of drug-likeness (QED) is 0.614. The highest BCUT2D eigenvalue weighted by atomic mass is 35.5. The second kappa shape index (κ2) is 3.58. The number of hydrogen-bond acceptors (Lipinski definition) is 0. The third kappa shape index (κ3) is 1.73. The lowest BCUT2D eigenvalue weighted by atomic mass is 9.95. The molecule has 2 rings (SSSR count). The van der Waals surface area contributed by atoms with Crippen LogP contribution in [-0.2, 0) is 0 Å². The molecule has 72 valence electrons. The minimum Gasteiger partial charge on any atom is -0.221 e. The van der Waals surface area contributed by atoms with Crippen molar-refractivity contribution in [3.05, 3.63) is 54.1 Å². The van der Waals surface area contributed by atoms with Gasteiger partial charge in [0.05, 0.1) is 0 Å². The van der Waals surface area contributed by atoms with Crippen LogP contribution in [0, 0.1) is 0 Å². The van der Waals surface area contributed by atoms with Crippen molar-refractivity contribution >= 4 is 17.2 Å². The summed E-state index contributed by atoms with van der Waals surface area (Å²) < 4.78 is 13.9. The summed E-state index contributed by atoms with van der Waals surface area (Å²) in [5.41, 5.74) is 1.39. The predicted molar refractivity (Wildman–Crippen MR) is 57.9 cm³/mol. The van der Waals surface area contributed by atoms with E-state index in [1.165, 1.54) is 0 Å². The molecule has 0 bridgehead atoms. The van der Waals surface area contributed by atoms with Crippen LogP contribution in [0.3, 0.4) is 0 Å². The van der Waals surface area contributed by atoms with Crippen molar-refractivity contribution in [3.63, 3.8) is 0 Å². The van der Waals surface area contributed by atoms with Gasteiger partial charge in [0.2, 0.25) is 5.13 Å². The Morgan fingerprint density at radius 3 is 2.57 bits per heavy atom. The summed E-state index contributed by atoms with van der Waals surface area (Å²) in [5.74, 6) is 0. The van der Waals surface area contributed by atoms with E-state index in [4.69, 9.17) is 11.6 Å². The van der Waals surface area contributed by atoms with Crippen LogP contribution >= 0.6 is 11.6 Å². The molecular formula is C12H10ClF. The first kappa shape index (κ1) is 9.47. The van der Waals surface area contributed by atoms with Crippen molar-refractivity contribution in [2.45, 2.75) is 11.5 Å². The van der Waals surface area contributed by atoms with Crippen LogP contribution in [0.1, 0.15) is 12.0 Å². The zero-order chi connectivity index (χ0) is 10.0. The Morgan fingerprint density at radius 2 is 1.93 bits per heavy atom. The largest absolute Gasteiger partial charge is 0.221 e. The molecule has 1 atom stereocenters. The van der Waals surface area contributed by atoms with Gasteiger partial charge in [-0.25, -0.2) is 4.39 Å². The van der Waals surface area contributed by atoms with Crippen LogP contribution in [0.15, 0.2) is 48.6 Å². The van der Waals surface area contributed by atoms with E-state index in [-0.39, 0.29) is 6.42 Å². The van der Waals surface area contributed by atoms with E-state index in [2.05, 4.69) is 0 Å². The van der Waals surface area contributed by atoms with Crippen LogP contribution in [0.5, 0.6) is 0 Å². The van der Waals surface area contributed by atoms with E-state index in [9.17, 15) is 4.39 Å². The molecule has 0 heterocycles. The molecule has 0 nitrogen and oxygen atoms in total. The van der Waals surface area contributed by atoms with Crippen molar-refractivity contribution < 1.29 is 4.39 Å². The van der Waals surface area contributed by atoms with Gasteiger partial charge in [-0.15, -0.1) is 0 Å². The molecule has 1 aliphatic carbocycles. The summed E-state index contributed by atoms with van der Waals surface area (Å²) in [6.07, 6.45) is 5.53. The fourth-order valence-electron chi connectivity index (χ4n) is 1.54.